The fourth-order valence-corrected chi connectivity index (χ4v) is 15.1. The third-order valence-electron chi connectivity index (χ3n) is 20.3. The van der Waals surface area contributed by atoms with Crippen LogP contribution in [0.3, 0.4) is 0 Å². The molecule has 4 N–H and O–H groups in total. The highest BCUT2D eigenvalue weighted by Crippen LogP contribution is 2.44. The van der Waals surface area contributed by atoms with Gasteiger partial charge in [0, 0.05) is 38.5 Å². The van der Waals surface area contributed by atoms with Crippen LogP contribution in [0.1, 0.15) is 452 Å². The average molecular weight is 1550 g/mol. The van der Waals surface area contributed by atoms with Gasteiger partial charge in [-0.25, -0.2) is 9.13 Å². The maximum atomic E-state index is 13.3. The van der Waals surface area contributed by atoms with Crippen molar-refractivity contribution < 1.29 is 75.1 Å². The van der Waals surface area contributed by atoms with E-state index in [0.717, 1.165) is 167 Å². The normalized spacial score (nSPS) is 14.0. The Labute approximate surface area is 651 Å². The maximum Gasteiger partial charge on any atom is 0.472 e. The molecule has 0 aliphatic heterocycles. The van der Waals surface area contributed by atoms with Gasteiger partial charge in [0.15, 0.2) is 0 Å². The second kappa shape index (κ2) is 79.7. The Hall–Kier alpha value is -1.98. The number of phosphoric ester groups is 2. The number of unbranched alkanes of at least 4 members (excludes halogenated alkanes) is 49. The van der Waals surface area contributed by atoms with E-state index in [9.17, 15) is 38.1 Å². The van der Waals surface area contributed by atoms with Gasteiger partial charge in [0.25, 0.3) is 0 Å². The largest absolute Gasteiger partial charge is 0.472 e. The van der Waals surface area contributed by atoms with E-state index in [4.69, 9.17) is 37.0 Å². The molecule has 0 aliphatic rings. The van der Waals surface area contributed by atoms with Crippen LogP contribution in [0.5, 0.6) is 0 Å². The van der Waals surface area contributed by atoms with Gasteiger partial charge >= 0.3 is 27.6 Å². The van der Waals surface area contributed by atoms with E-state index in [2.05, 4.69) is 52.2 Å². The summed E-state index contributed by atoms with van der Waals surface area (Å²) in [6.45, 7) is 13.4. The Morgan fingerprint density at radius 1 is 0.264 bits per heavy atom. The second-order valence-corrected chi connectivity index (χ2v) is 33.8. The SMILES string of the molecule is CCCCCCCCCCCCCC(=O)NC(COCC[C@@H](CCCCCCC)OC(=O)CCCCCCCCCCC)COP(=O)(O)OCCCCCCCCOP(=O)(O)OCC(COCC[C@@H](CCCCCCC)OC(=O)CCCCCCCCCCC)NC(=O)CCCCCCCCCCCCC. The third-order valence-corrected chi connectivity index (χ3v) is 22.3. The van der Waals surface area contributed by atoms with Gasteiger partial charge in [-0.15, -0.1) is 0 Å². The lowest BCUT2D eigenvalue weighted by atomic mass is 10.1. The summed E-state index contributed by atoms with van der Waals surface area (Å²) in [6.07, 6.45) is 65.5. The molecule has 0 bridgehead atoms. The Morgan fingerprint density at radius 2 is 0.491 bits per heavy atom. The molecule has 6 atom stereocenters. The highest BCUT2D eigenvalue weighted by Gasteiger charge is 2.27. The van der Waals surface area contributed by atoms with Gasteiger partial charge in [0.05, 0.1) is 64.9 Å². The quantitative estimate of drug-likeness (QED) is 0.0251. The minimum atomic E-state index is -4.49. The predicted octanol–water partition coefficient (Wildman–Crippen LogP) is 25.2. The van der Waals surface area contributed by atoms with E-state index < -0.39 is 27.7 Å². The average Bonchev–Trinajstić information content (AvgIpc) is 0.920. The lowest BCUT2D eigenvalue weighted by molar-refractivity contribution is -0.151. The number of esters is 2. The number of carbonyl (C=O) groups excluding carboxylic acids is 4. The molecule has 0 aromatic heterocycles. The number of nitrogens with one attached hydrogen (secondary N) is 2. The van der Waals surface area contributed by atoms with E-state index >= 15 is 0 Å². The first-order chi connectivity index (χ1) is 51.6. The molecular formula is C86H170N2O16P2. The van der Waals surface area contributed by atoms with Gasteiger partial charge in [0.1, 0.15) is 12.2 Å². The van der Waals surface area contributed by atoms with E-state index in [0.29, 0.717) is 64.2 Å². The summed E-state index contributed by atoms with van der Waals surface area (Å²) in [5.74, 6) is -0.660. The first-order valence-corrected chi connectivity index (χ1v) is 48.0. The van der Waals surface area contributed by atoms with E-state index in [-0.39, 0.29) is 88.8 Å². The van der Waals surface area contributed by atoms with Gasteiger partial charge in [-0.1, -0.05) is 350 Å². The van der Waals surface area contributed by atoms with Gasteiger partial charge < -0.3 is 39.4 Å². The fourth-order valence-electron chi connectivity index (χ4n) is 13.5. The Bertz CT molecular complexity index is 1890. The van der Waals surface area contributed by atoms with Crippen LogP contribution in [0.25, 0.3) is 0 Å². The van der Waals surface area contributed by atoms with Crippen LogP contribution in [0, 0.1) is 0 Å². The number of hydrogen-bond donors (Lipinski definition) is 4. The molecule has 0 saturated carbocycles. The van der Waals surface area contributed by atoms with Crippen molar-refractivity contribution in [2.45, 2.75) is 477 Å². The summed E-state index contributed by atoms with van der Waals surface area (Å²) in [7, 11) is -8.97. The number of hydrogen-bond acceptors (Lipinski definition) is 14. The topological polar surface area (TPSA) is 241 Å². The third kappa shape index (κ3) is 76.0. The molecule has 0 rings (SSSR count). The van der Waals surface area contributed by atoms with Gasteiger partial charge in [-0.2, -0.15) is 0 Å². The number of rotatable bonds is 87. The van der Waals surface area contributed by atoms with Crippen LogP contribution in [0.15, 0.2) is 0 Å². The Kier molecular flexibility index (Phi) is 78.2. The molecule has 0 saturated heterocycles. The molecule has 0 fully saturated rings. The summed E-state index contributed by atoms with van der Waals surface area (Å²) >= 11 is 0. The highest BCUT2D eigenvalue weighted by atomic mass is 31.2. The minimum Gasteiger partial charge on any atom is -0.462 e. The van der Waals surface area contributed by atoms with Crippen LogP contribution in [-0.2, 0) is 65.4 Å². The minimum absolute atomic E-state index is 0.00750. The molecular weight excluding hydrogens is 1380 g/mol. The van der Waals surface area contributed by atoms with Gasteiger partial charge in [-0.05, 0) is 64.2 Å². The molecule has 106 heavy (non-hydrogen) atoms. The molecule has 0 spiro atoms. The molecule has 18 nitrogen and oxygen atoms in total. The lowest BCUT2D eigenvalue weighted by Gasteiger charge is -2.22. The molecule has 0 aromatic carbocycles. The van der Waals surface area contributed by atoms with Crippen molar-refractivity contribution in [3.05, 3.63) is 0 Å². The summed E-state index contributed by atoms with van der Waals surface area (Å²) in [5, 5.41) is 5.98. The van der Waals surface area contributed by atoms with Crippen LogP contribution in [-0.4, -0.2) is 111 Å². The first-order valence-electron chi connectivity index (χ1n) is 45.0. The Morgan fingerprint density at radius 3 is 0.755 bits per heavy atom. The standard InChI is InChI=1S/C86H170N2O16P2/c1-7-13-19-25-29-33-35-39-41-49-57-65-83(89)87-79(75-97-73-69-81(63-55-47-23-17-11-5)103-85(91)67-59-51-43-37-31-27-21-15-9-3)77-101-105(93,94)99-71-61-53-45-46-54-62-72-100-106(95,96)102-78-80(88-84(90)66-58-50-42-40-36-34-30-26-20-14-8-2)76-98-74-70-82(64-56-48-24-18-12-6)104-86(92)68-60-52-44-38-32-28-22-16-10-4/h79-82H,7-78H2,1-6H3,(H,87,89)(H,88,90)(H,93,94)(H,95,96)/t79?,80?,81-,82-/m1/s1. The number of amides is 2. The number of phosphoric acid groups is 2. The van der Waals surface area contributed by atoms with Crippen LogP contribution in [0.2, 0.25) is 0 Å². The predicted molar refractivity (Wildman–Crippen MR) is 438 cm³/mol. The van der Waals surface area contributed by atoms with Crippen LogP contribution >= 0.6 is 15.6 Å². The van der Waals surface area contributed by atoms with E-state index in [1.165, 1.54) is 180 Å². The van der Waals surface area contributed by atoms with Crippen molar-refractivity contribution in [2.24, 2.45) is 0 Å². The summed E-state index contributed by atoms with van der Waals surface area (Å²) in [6, 6.07) is -1.41. The molecule has 0 radical (unpaired) electrons. The second-order valence-electron chi connectivity index (χ2n) is 30.9. The molecule has 630 valence electrons. The Balaban J connectivity index is 5.41. The van der Waals surface area contributed by atoms with Crippen molar-refractivity contribution in [1.29, 1.82) is 0 Å². The smallest absolute Gasteiger partial charge is 0.462 e. The summed E-state index contributed by atoms with van der Waals surface area (Å²) in [4.78, 5) is 74.2. The van der Waals surface area contributed by atoms with Crippen molar-refractivity contribution in [2.75, 3.05) is 52.9 Å². The fraction of sp³-hybridized carbons (Fsp3) is 0.953. The molecule has 0 aromatic rings. The van der Waals surface area contributed by atoms with Gasteiger partial charge in [-0.3, -0.25) is 37.3 Å². The zero-order chi connectivity index (χ0) is 77.6. The molecule has 4 unspecified atom stereocenters. The van der Waals surface area contributed by atoms with Crippen molar-refractivity contribution in [3.8, 4) is 0 Å². The monoisotopic (exact) mass is 1550 g/mol. The maximum absolute atomic E-state index is 13.3. The highest BCUT2D eigenvalue weighted by molar-refractivity contribution is 7.47. The zero-order valence-electron chi connectivity index (χ0n) is 69.7. The number of ether oxygens (including phenoxy) is 4. The number of carbonyl (C=O) groups is 4. The van der Waals surface area contributed by atoms with Crippen molar-refractivity contribution in [1.82, 2.24) is 10.6 Å². The van der Waals surface area contributed by atoms with Crippen LogP contribution in [0.4, 0.5) is 0 Å². The molecule has 0 heterocycles. The van der Waals surface area contributed by atoms with Crippen molar-refractivity contribution in [3.63, 3.8) is 0 Å². The van der Waals surface area contributed by atoms with Crippen LogP contribution < -0.4 is 10.6 Å². The summed E-state index contributed by atoms with van der Waals surface area (Å²) < 4.78 is 72.5. The van der Waals surface area contributed by atoms with Crippen molar-refractivity contribution >= 4 is 39.4 Å². The lowest BCUT2D eigenvalue weighted by Crippen LogP contribution is -2.41. The molecule has 2 amide bonds. The van der Waals surface area contributed by atoms with E-state index in [1.807, 2.05) is 0 Å². The van der Waals surface area contributed by atoms with Gasteiger partial charge in [0.2, 0.25) is 11.8 Å². The summed E-state index contributed by atoms with van der Waals surface area (Å²) in [5.41, 5.74) is 0. The molecule has 20 heteroatoms. The first kappa shape index (κ1) is 104. The van der Waals surface area contributed by atoms with E-state index in [1.54, 1.807) is 0 Å². The zero-order valence-corrected chi connectivity index (χ0v) is 71.5. The molecule has 0 aliphatic carbocycles.